The molecule has 2 heterocycles. The van der Waals surface area contributed by atoms with Crippen molar-refractivity contribution in [1.29, 1.82) is 0 Å². The zero-order chi connectivity index (χ0) is 17.4. The van der Waals surface area contributed by atoms with E-state index in [2.05, 4.69) is 16.1 Å². The fourth-order valence-electron chi connectivity index (χ4n) is 3.05. The first-order valence-electron chi connectivity index (χ1n) is 7.93. The second kappa shape index (κ2) is 5.98. The van der Waals surface area contributed by atoms with Crippen molar-refractivity contribution in [3.05, 3.63) is 59.8 Å². The molecule has 0 aliphatic rings. The molecule has 0 spiro atoms. The van der Waals surface area contributed by atoms with E-state index in [0.29, 0.717) is 18.1 Å². The molecule has 0 saturated carbocycles. The molecule has 0 fully saturated rings. The molecule has 0 amide bonds. The van der Waals surface area contributed by atoms with E-state index in [9.17, 15) is 0 Å². The molecule has 25 heavy (non-hydrogen) atoms. The normalized spacial score (nSPS) is 11.1. The Hall–Kier alpha value is -3.28. The molecule has 0 radical (unpaired) electrons. The number of ether oxygens (including phenoxy) is 2. The van der Waals surface area contributed by atoms with Crippen molar-refractivity contribution >= 4 is 22.4 Å². The van der Waals surface area contributed by atoms with Gasteiger partial charge in [0, 0.05) is 11.8 Å². The van der Waals surface area contributed by atoms with E-state index in [1.165, 1.54) is 0 Å². The van der Waals surface area contributed by atoms with Crippen LogP contribution in [0.25, 0.3) is 16.4 Å². The zero-order valence-corrected chi connectivity index (χ0v) is 14.1. The van der Waals surface area contributed by atoms with Crippen LogP contribution in [0, 0.1) is 0 Å². The maximum absolute atomic E-state index is 6.11. The highest BCUT2D eigenvalue weighted by molar-refractivity contribution is 5.97. The van der Waals surface area contributed by atoms with Crippen molar-refractivity contribution < 1.29 is 9.47 Å². The summed E-state index contributed by atoms with van der Waals surface area (Å²) in [5, 5.41) is 5.57. The predicted octanol–water partition coefficient (Wildman–Crippen LogP) is 3.07. The maximum atomic E-state index is 6.11. The summed E-state index contributed by atoms with van der Waals surface area (Å²) < 4.78 is 12.4. The van der Waals surface area contributed by atoms with E-state index in [-0.39, 0.29) is 0 Å². The van der Waals surface area contributed by atoms with Crippen molar-refractivity contribution in [1.82, 2.24) is 14.6 Å². The highest BCUT2D eigenvalue weighted by Gasteiger charge is 2.13. The summed E-state index contributed by atoms with van der Waals surface area (Å²) >= 11 is 0. The average Bonchev–Trinajstić information content (AvgIpc) is 3.06. The third-order valence-electron chi connectivity index (χ3n) is 4.22. The van der Waals surface area contributed by atoms with Gasteiger partial charge in [0.05, 0.1) is 25.4 Å². The fraction of sp³-hybridized carbons (Fsp3) is 0.158. The highest BCUT2D eigenvalue weighted by Crippen LogP contribution is 2.29. The molecule has 0 saturated heterocycles. The smallest absolute Gasteiger partial charge is 0.222 e. The van der Waals surface area contributed by atoms with Crippen molar-refractivity contribution in [2.24, 2.45) is 0 Å². The standard InChI is InChI=1S/C19H18N4O2/c1-24-14-6-3-5-12(10-14)9-13-11-16-15-7-4-8-17(25-2)18(15)21-19(20)23(16)22-13/h3-8,10-11H,9H2,1-2H3,(H2,20,21). The number of hydrogen-bond acceptors (Lipinski definition) is 5. The van der Waals surface area contributed by atoms with E-state index < -0.39 is 0 Å². The summed E-state index contributed by atoms with van der Waals surface area (Å²) in [6.45, 7) is 0. The largest absolute Gasteiger partial charge is 0.497 e. The number of nitrogens with two attached hydrogens (primary N) is 1. The number of benzene rings is 2. The Balaban J connectivity index is 1.84. The third kappa shape index (κ3) is 2.61. The Morgan fingerprint density at radius 2 is 1.88 bits per heavy atom. The SMILES string of the molecule is COc1cccc(Cc2cc3c4cccc(OC)c4nc(N)n3n2)c1. The van der Waals surface area contributed by atoms with Crippen LogP contribution in [0.1, 0.15) is 11.3 Å². The van der Waals surface area contributed by atoms with Gasteiger partial charge in [0.15, 0.2) is 0 Å². The zero-order valence-electron chi connectivity index (χ0n) is 14.1. The van der Waals surface area contributed by atoms with E-state index in [0.717, 1.165) is 33.4 Å². The Bertz CT molecular complexity index is 1070. The first kappa shape index (κ1) is 15.3. The van der Waals surface area contributed by atoms with Gasteiger partial charge in [-0.1, -0.05) is 24.3 Å². The van der Waals surface area contributed by atoms with Gasteiger partial charge >= 0.3 is 0 Å². The van der Waals surface area contributed by atoms with Crippen LogP contribution in [0.2, 0.25) is 0 Å². The van der Waals surface area contributed by atoms with Crippen LogP contribution < -0.4 is 15.2 Å². The molecule has 0 aliphatic heterocycles. The van der Waals surface area contributed by atoms with Crippen LogP contribution in [0.4, 0.5) is 5.95 Å². The van der Waals surface area contributed by atoms with E-state index >= 15 is 0 Å². The first-order chi connectivity index (χ1) is 12.2. The summed E-state index contributed by atoms with van der Waals surface area (Å²) in [4.78, 5) is 4.46. The molecule has 126 valence electrons. The van der Waals surface area contributed by atoms with Gasteiger partial charge in [-0.15, -0.1) is 0 Å². The molecule has 2 aromatic heterocycles. The minimum Gasteiger partial charge on any atom is -0.497 e. The number of fused-ring (bicyclic) bond motifs is 3. The van der Waals surface area contributed by atoms with Gasteiger partial charge in [0.2, 0.25) is 5.95 Å². The van der Waals surface area contributed by atoms with E-state index in [4.69, 9.17) is 15.2 Å². The Kier molecular flexibility index (Phi) is 3.65. The number of rotatable bonds is 4. The summed E-state index contributed by atoms with van der Waals surface area (Å²) in [7, 11) is 3.29. The molecular weight excluding hydrogens is 316 g/mol. The van der Waals surface area contributed by atoms with Crippen molar-refractivity contribution in [3.63, 3.8) is 0 Å². The quantitative estimate of drug-likeness (QED) is 0.621. The summed E-state index contributed by atoms with van der Waals surface area (Å²) in [5.41, 5.74) is 9.80. The van der Waals surface area contributed by atoms with Crippen LogP contribution in [-0.4, -0.2) is 28.8 Å². The highest BCUT2D eigenvalue weighted by atomic mass is 16.5. The van der Waals surface area contributed by atoms with Crippen LogP contribution in [-0.2, 0) is 6.42 Å². The van der Waals surface area contributed by atoms with Gasteiger partial charge in [0.1, 0.15) is 17.0 Å². The van der Waals surface area contributed by atoms with E-state index in [1.54, 1.807) is 18.7 Å². The van der Waals surface area contributed by atoms with Gasteiger partial charge in [0.25, 0.3) is 0 Å². The number of anilines is 1. The lowest BCUT2D eigenvalue weighted by molar-refractivity contribution is 0.414. The van der Waals surface area contributed by atoms with Gasteiger partial charge in [-0.2, -0.15) is 9.61 Å². The number of hydrogen-bond donors (Lipinski definition) is 1. The second-order valence-electron chi connectivity index (χ2n) is 5.79. The molecule has 0 unspecified atom stereocenters. The van der Waals surface area contributed by atoms with Crippen molar-refractivity contribution in [2.45, 2.75) is 6.42 Å². The Labute approximate surface area is 144 Å². The summed E-state index contributed by atoms with van der Waals surface area (Å²) in [6, 6.07) is 15.8. The summed E-state index contributed by atoms with van der Waals surface area (Å²) in [6.07, 6.45) is 0.684. The number of methoxy groups -OCH3 is 2. The first-order valence-corrected chi connectivity index (χ1v) is 7.93. The molecule has 2 N–H and O–H groups in total. The third-order valence-corrected chi connectivity index (χ3v) is 4.22. The lowest BCUT2D eigenvalue weighted by atomic mass is 10.1. The molecule has 0 aliphatic carbocycles. The van der Waals surface area contributed by atoms with Crippen LogP contribution >= 0.6 is 0 Å². The van der Waals surface area contributed by atoms with Crippen LogP contribution in [0.15, 0.2) is 48.5 Å². The Morgan fingerprint density at radius 3 is 2.68 bits per heavy atom. The molecular formula is C19H18N4O2. The van der Waals surface area contributed by atoms with Crippen molar-refractivity contribution in [2.75, 3.05) is 20.0 Å². The minimum absolute atomic E-state index is 0.337. The van der Waals surface area contributed by atoms with Crippen LogP contribution in [0.3, 0.4) is 0 Å². The molecule has 0 atom stereocenters. The lowest BCUT2D eigenvalue weighted by Gasteiger charge is -2.07. The van der Waals surface area contributed by atoms with Crippen molar-refractivity contribution in [3.8, 4) is 11.5 Å². The van der Waals surface area contributed by atoms with Gasteiger partial charge in [-0.05, 0) is 29.8 Å². The minimum atomic E-state index is 0.337. The lowest BCUT2D eigenvalue weighted by Crippen LogP contribution is -2.03. The number of nitrogen functional groups attached to an aromatic ring is 1. The van der Waals surface area contributed by atoms with E-state index in [1.807, 2.05) is 42.5 Å². The van der Waals surface area contributed by atoms with Gasteiger partial charge in [-0.25, -0.2) is 4.98 Å². The topological polar surface area (TPSA) is 74.7 Å². The summed E-state index contributed by atoms with van der Waals surface area (Å²) in [5.74, 6) is 1.86. The molecule has 0 bridgehead atoms. The Morgan fingerprint density at radius 1 is 1.04 bits per heavy atom. The molecule has 4 aromatic rings. The monoisotopic (exact) mass is 334 g/mol. The van der Waals surface area contributed by atoms with Gasteiger partial charge in [-0.3, -0.25) is 0 Å². The molecule has 4 rings (SSSR count). The van der Waals surface area contributed by atoms with Gasteiger partial charge < -0.3 is 15.2 Å². The number of nitrogens with zero attached hydrogens (tertiary/aromatic N) is 3. The molecule has 2 aromatic carbocycles. The molecule has 6 heteroatoms. The second-order valence-corrected chi connectivity index (χ2v) is 5.79. The maximum Gasteiger partial charge on any atom is 0.222 e. The van der Waals surface area contributed by atoms with Crippen LogP contribution in [0.5, 0.6) is 11.5 Å². The molecule has 6 nitrogen and oxygen atoms in total. The average molecular weight is 334 g/mol. The number of aromatic nitrogens is 3. The fourth-order valence-corrected chi connectivity index (χ4v) is 3.05. The predicted molar refractivity (Wildman–Crippen MR) is 97.3 cm³/mol. The number of para-hydroxylation sites is 1.